The first kappa shape index (κ1) is 23.2. The molecule has 0 bridgehead atoms. The van der Waals surface area contributed by atoms with Gasteiger partial charge in [0.2, 0.25) is 0 Å². The van der Waals surface area contributed by atoms with Crippen LogP contribution < -0.4 is 0 Å². The van der Waals surface area contributed by atoms with Gasteiger partial charge in [-0.05, 0) is 13.8 Å². The maximum absolute atomic E-state index is 9.94. The normalized spacial score (nSPS) is 8.33. The molecule has 0 spiro atoms. The summed E-state index contributed by atoms with van der Waals surface area (Å²) in [6.45, 7) is 9.24. The Labute approximate surface area is 120 Å². The summed E-state index contributed by atoms with van der Waals surface area (Å²) in [6.07, 6.45) is 1.12. The molecule has 0 aromatic carbocycles. The Kier molecular flexibility index (Phi) is 14.9. The van der Waals surface area contributed by atoms with E-state index in [2.05, 4.69) is 18.0 Å². The second kappa shape index (κ2) is 13.5. The summed E-state index contributed by atoms with van der Waals surface area (Å²) in [4.78, 5) is 41.9. The van der Waals surface area contributed by atoms with Gasteiger partial charge in [0, 0.05) is 23.3 Å². The summed E-state index contributed by atoms with van der Waals surface area (Å²) in [6, 6.07) is 0. The molecule has 0 saturated carbocycles. The predicted octanol–water partition coefficient (Wildman–Crippen LogP) is 0.938. The lowest BCUT2D eigenvalue weighted by molar-refractivity contribution is -0.229. The van der Waals surface area contributed by atoms with Crippen molar-refractivity contribution >= 4 is 23.9 Å². The van der Waals surface area contributed by atoms with E-state index in [1.165, 1.54) is 13.8 Å². The molecular formula is C12H16O9. The van der Waals surface area contributed by atoms with Crippen molar-refractivity contribution in [3.63, 3.8) is 0 Å². The molecule has 0 atom stereocenters. The average Bonchev–Trinajstić information content (AvgIpc) is 2.36. The third kappa shape index (κ3) is 26.6. The van der Waals surface area contributed by atoms with E-state index in [0.717, 1.165) is 0 Å². The van der Waals surface area contributed by atoms with Gasteiger partial charge >= 0.3 is 23.9 Å². The number of rotatable bonds is 4. The molecule has 0 fully saturated rings. The van der Waals surface area contributed by atoms with E-state index in [9.17, 15) is 19.2 Å². The molecule has 0 aliphatic carbocycles. The van der Waals surface area contributed by atoms with Crippen molar-refractivity contribution in [1.29, 1.82) is 0 Å². The quantitative estimate of drug-likeness (QED) is 0.336. The molecule has 118 valence electrons. The molecule has 0 saturated heterocycles. The van der Waals surface area contributed by atoms with E-state index < -0.39 is 23.9 Å². The van der Waals surface area contributed by atoms with Gasteiger partial charge in [-0.3, -0.25) is 4.89 Å². The number of carboxylic acids is 3. The fourth-order valence-corrected chi connectivity index (χ4v) is 0.220. The van der Waals surface area contributed by atoms with Crippen molar-refractivity contribution in [3.8, 4) is 0 Å². The van der Waals surface area contributed by atoms with Crippen LogP contribution in [0.5, 0.6) is 0 Å². The minimum absolute atomic E-state index is 0.176. The maximum Gasteiger partial charge on any atom is 0.367 e. The van der Waals surface area contributed by atoms with Crippen molar-refractivity contribution < 1.29 is 44.6 Å². The van der Waals surface area contributed by atoms with E-state index in [-0.39, 0.29) is 11.1 Å². The predicted molar refractivity (Wildman–Crippen MR) is 70.4 cm³/mol. The Bertz CT molecular complexity index is 418. The molecular weight excluding hydrogens is 288 g/mol. The second-order valence-corrected chi connectivity index (χ2v) is 3.25. The zero-order valence-electron chi connectivity index (χ0n) is 11.4. The largest absolute Gasteiger partial charge is 0.478 e. The number of carbonyl (C=O) groups excluding carboxylic acids is 1. The molecule has 0 rings (SSSR count). The first-order valence-electron chi connectivity index (χ1n) is 4.99. The molecule has 0 aromatic rings. The van der Waals surface area contributed by atoms with Crippen molar-refractivity contribution in [2.75, 3.05) is 0 Å². The summed E-state index contributed by atoms with van der Waals surface area (Å²) in [5, 5.41) is 31.1. The molecule has 0 heterocycles. The molecule has 4 N–H and O–H groups in total. The molecule has 0 aromatic heterocycles. The van der Waals surface area contributed by atoms with Gasteiger partial charge in [0.15, 0.2) is 0 Å². The number of carbonyl (C=O) groups is 4. The summed E-state index contributed by atoms with van der Waals surface area (Å²) in [5.41, 5.74) is 0.359. The standard InChI is InChI=1S/C4H4O4.C4H6O3.C4H6O2/c5-3(6)1-2-4(7)8;1-3(2)4(5)7-6;1-3(2)4(5)6/h1-2H,(H,5,6)(H,7,8);6H,1H2,2H3;1H2,2H3,(H,5,6)/b2-1-;;. The van der Waals surface area contributed by atoms with Crippen molar-refractivity contribution in [2.45, 2.75) is 13.8 Å². The molecule has 21 heavy (non-hydrogen) atoms. The van der Waals surface area contributed by atoms with Crippen LogP contribution in [0.15, 0.2) is 36.5 Å². The van der Waals surface area contributed by atoms with Gasteiger partial charge in [-0.15, -0.1) is 0 Å². The van der Waals surface area contributed by atoms with Gasteiger partial charge in [0.25, 0.3) is 0 Å². The Morgan fingerprint density at radius 1 is 0.857 bits per heavy atom. The van der Waals surface area contributed by atoms with Crippen molar-refractivity contribution in [2.24, 2.45) is 0 Å². The summed E-state index contributed by atoms with van der Waals surface area (Å²) < 4.78 is 0. The van der Waals surface area contributed by atoms with Crippen molar-refractivity contribution in [3.05, 3.63) is 36.5 Å². The van der Waals surface area contributed by atoms with Crippen LogP contribution in [0.25, 0.3) is 0 Å². The lowest BCUT2D eigenvalue weighted by atomic mass is 10.4. The van der Waals surface area contributed by atoms with E-state index in [1.807, 2.05) is 0 Å². The number of hydrogen-bond donors (Lipinski definition) is 4. The molecule has 0 aliphatic heterocycles. The van der Waals surface area contributed by atoms with Crippen LogP contribution in [-0.2, 0) is 24.1 Å². The fraction of sp³-hybridized carbons (Fsp3) is 0.167. The molecule has 0 aliphatic rings. The maximum atomic E-state index is 9.94. The van der Waals surface area contributed by atoms with Gasteiger partial charge in [-0.25, -0.2) is 19.2 Å². The third-order valence-corrected chi connectivity index (χ3v) is 1.16. The van der Waals surface area contributed by atoms with Crippen LogP contribution in [0.1, 0.15) is 13.8 Å². The van der Waals surface area contributed by atoms with Gasteiger partial charge in [0.1, 0.15) is 0 Å². The zero-order chi connectivity index (χ0) is 17.6. The summed E-state index contributed by atoms with van der Waals surface area (Å²) in [7, 11) is 0. The highest BCUT2D eigenvalue weighted by molar-refractivity contribution is 5.89. The topological polar surface area (TPSA) is 158 Å². The van der Waals surface area contributed by atoms with E-state index in [4.69, 9.17) is 20.6 Å². The molecule has 0 unspecified atom stereocenters. The first-order chi connectivity index (χ1) is 9.45. The first-order valence-corrected chi connectivity index (χ1v) is 4.99. The Hall–Kier alpha value is -2.94. The van der Waals surface area contributed by atoms with E-state index in [0.29, 0.717) is 12.2 Å². The van der Waals surface area contributed by atoms with Crippen LogP contribution in [0.2, 0.25) is 0 Å². The molecule has 0 radical (unpaired) electrons. The van der Waals surface area contributed by atoms with Crippen LogP contribution in [0.4, 0.5) is 0 Å². The lowest BCUT2D eigenvalue weighted by Crippen LogP contribution is -1.99. The van der Waals surface area contributed by atoms with Gasteiger partial charge in [0.05, 0.1) is 0 Å². The third-order valence-electron chi connectivity index (χ3n) is 1.16. The second-order valence-electron chi connectivity index (χ2n) is 3.25. The van der Waals surface area contributed by atoms with E-state index in [1.54, 1.807) is 0 Å². The molecule has 0 amide bonds. The SMILES string of the molecule is C=C(C)C(=O)O.C=C(C)C(=O)OO.O=C(O)/C=C\C(=O)O. The number of hydrogen-bond acceptors (Lipinski definition) is 6. The Balaban J connectivity index is -0.000000234. The Morgan fingerprint density at radius 3 is 1.19 bits per heavy atom. The zero-order valence-corrected chi connectivity index (χ0v) is 11.4. The average molecular weight is 304 g/mol. The van der Waals surface area contributed by atoms with Crippen LogP contribution in [0, 0.1) is 0 Å². The monoisotopic (exact) mass is 304 g/mol. The highest BCUT2D eigenvalue weighted by Crippen LogP contribution is 1.86. The van der Waals surface area contributed by atoms with Gasteiger partial charge in [-0.2, -0.15) is 5.26 Å². The Morgan fingerprint density at radius 2 is 1.14 bits per heavy atom. The van der Waals surface area contributed by atoms with Gasteiger partial charge in [-0.1, -0.05) is 13.2 Å². The van der Waals surface area contributed by atoms with Crippen LogP contribution >= 0.6 is 0 Å². The summed E-state index contributed by atoms with van der Waals surface area (Å²) in [5.74, 6) is -4.24. The molecule has 9 nitrogen and oxygen atoms in total. The highest BCUT2D eigenvalue weighted by atomic mass is 17.1. The summed E-state index contributed by atoms with van der Waals surface area (Å²) >= 11 is 0. The van der Waals surface area contributed by atoms with E-state index >= 15 is 0 Å². The lowest BCUT2D eigenvalue weighted by Gasteiger charge is -1.88. The minimum atomic E-state index is -1.26. The van der Waals surface area contributed by atoms with Crippen LogP contribution in [-0.4, -0.2) is 44.5 Å². The van der Waals surface area contributed by atoms with Gasteiger partial charge < -0.3 is 15.3 Å². The minimum Gasteiger partial charge on any atom is -0.478 e. The fourth-order valence-electron chi connectivity index (χ4n) is 0.220. The number of aliphatic carboxylic acids is 3. The van der Waals surface area contributed by atoms with Crippen molar-refractivity contribution in [1.82, 2.24) is 0 Å². The highest BCUT2D eigenvalue weighted by Gasteiger charge is 1.98. The van der Waals surface area contributed by atoms with Crippen LogP contribution in [0.3, 0.4) is 0 Å². The smallest absolute Gasteiger partial charge is 0.367 e. The number of carboxylic acid groups (broad SMARTS) is 3. The molecule has 9 heteroatoms.